The van der Waals surface area contributed by atoms with Crippen LogP contribution in [-0.2, 0) is 0 Å². The Morgan fingerprint density at radius 2 is 2.23 bits per heavy atom. The summed E-state index contributed by atoms with van der Waals surface area (Å²) in [6, 6.07) is 1.40. The second-order valence-corrected chi connectivity index (χ2v) is 2.34. The van der Waals surface area contributed by atoms with Crippen LogP contribution in [0, 0.1) is 6.92 Å². The second kappa shape index (κ2) is 4.67. The number of aromatic carboxylic acids is 1. The molecule has 13 heavy (non-hydrogen) atoms. The summed E-state index contributed by atoms with van der Waals surface area (Å²) in [6.07, 6.45) is 1.47. The maximum Gasteiger partial charge on any atom is 0.354 e. The molecular formula is C8H10ClNO3. The molecule has 1 aromatic heterocycles. The van der Waals surface area contributed by atoms with Crippen molar-refractivity contribution in [3.8, 4) is 5.75 Å². The smallest absolute Gasteiger partial charge is 0.354 e. The maximum atomic E-state index is 10.5. The molecule has 1 rings (SSSR count). The normalized spacial score (nSPS) is 8.77. The zero-order chi connectivity index (χ0) is 9.14. The van der Waals surface area contributed by atoms with Gasteiger partial charge < -0.3 is 9.84 Å². The first-order chi connectivity index (χ1) is 5.65. The van der Waals surface area contributed by atoms with E-state index < -0.39 is 5.97 Å². The Bertz CT molecular complexity index is 314. The fourth-order valence-electron chi connectivity index (χ4n) is 0.842. The van der Waals surface area contributed by atoms with Crippen LogP contribution in [0.5, 0.6) is 5.75 Å². The van der Waals surface area contributed by atoms with Crippen LogP contribution in [0.3, 0.4) is 0 Å². The van der Waals surface area contributed by atoms with Gasteiger partial charge in [0.2, 0.25) is 0 Å². The van der Waals surface area contributed by atoms with Crippen molar-refractivity contribution in [3.63, 3.8) is 0 Å². The number of aromatic nitrogens is 1. The SMILES string of the molecule is COc1cc(C(=O)O)ncc1C.Cl. The number of aryl methyl sites for hydroxylation is 1. The molecule has 0 spiro atoms. The maximum absolute atomic E-state index is 10.5. The Balaban J connectivity index is 0.00000144. The summed E-state index contributed by atoms with van der Waals surface area (Å²) >= 11 is 0. The molecule has 0 saturated heterocycles. The van der Waals surface area contributed by atoms with Crippen LogP contribution in [-0.4, -0.2) is 23.2 Å². The lowest BCUT2D eigenvalue weighted by Crippen LogP contribution is -2.01. The van der Waals surface area contributed by atoms with Gasteiger partial charge in [0.25, 0.3) is 0 Å². The molecule has 0 aliphatic carbocycles. The van der Waals surface area contributed by atoms with Gasteiger partial charge in [0.15, 0.2) is 5.69 Å². The molecule has 0 amide bonds. The van der Waals surface area contributed by atoms with Crippen LogP contribution in [0.2, 0.25) is 0 Å². The molecule has 5 heteroatoms. The highest BCUT2D eigenvalue weighted by Gasteiger charge is 2.07. The molecule has 0 saturated carbocycles. The molecule has 72 valence electrons. The van der Waals surface area contributed by atoms with E-state index in [0.717, 1.165) is 5.56 Å². The lowest BCUT2D eigenvalue weighted by atomic mass is 10.2. The number of pyridine rings is 1. The average molecular weight is 204 g/mol. The van der Waals surface area contributed by atoms with Gasteiger partial charge in [-0.2, -0.15) is 0 Å². The van der Waals surface area contributed by atoms with Crippen LogP contribution in [0.25, 0.3) is 0 Å². The number of rotatable bonds is 2. The number of halogens is 1. The molecule has 0 bridgehead atoms. The molecule has 4 nitrogen and oxygen atoms in total. The summed E-state index contributed by atoms with van der Waals surface area (Å²) in [5.41, 5.74) is 0.819. The van der Waals surface area contributed by atoms with Crippen molar-refractivity contribution in [1.82, 2.24) is 4.98 Å². The van der Waals surface area contributed by atoms with Gasteiger partial charge in [-0.25, -0.2) is 9.78 Å². The third-order valence-corrected chi connectivity index (χ3v) is 1.49. The highest BCUT2D eigenvalue weighted by atomic mass is 35.5. The molecule has 1 N–H and O–H groups in total. The minimum atomic E-state index is -1.05. The number of ether oxygens (including phenoxy) is 1. The first-order valence-corrected chi connectivity index (χ1v) is 3.39. The number of carboxylic acids is 1. The second-order valence-electron chi connectivity index (χ2n) is 2.34. The summed E-state index contributed by atoms with van der Waals surface area (Å²) in [4.78, 5) is 14.2. The molecule has 1 heterocycles. The van der Waals surface area contributed by atoms with E-state index in [0.29, 0.717) is 5.75 Å². The first kappa shape index (κ1) is 11.7. The monoisotopic (exact) mass is 203 g/mol. The zero-order valence-corrected chi connectivity index (χ0v) is 8.09. The van der Waals surface area contributed by atoms with Crippen LogP contribution in [0.4, 0.5) is 0 Å². The average Bonchev–Trinajstić information content (AvgIpc) is 2.05. The summed E-state index contributed by atoms with van der Waals surface area (Å²) in [7, 11) is 1.49. The molecule has 0 radical (unpaired) electrons. The lowest BCUT2D eigenvalue weighted by molar-refractivity contribution is 0.0690. The third kappa shape index (κ3) is 2.59. The topological polar surface area (TPSA) is 59.4 Å². The quantitative estimate of drug-likeness (QED) is 0.792. The van der Waals surface area contributed by atoms with Crippen molar-refractivity contribution < 1.29 is 14.6 Å². The van der Waals surface area contributed by atoms with Crippen LogP contribution >= 0.6 is 12.4 Å². The van der Waals surface area contributed by atoms with Crippen LogP contribution < -0.4 is 4.74 Å². The Kier molecular flexibility index (Phi) is 4.20. The van der Waals surface area contributed by atoms with Gasteiger partial charge in [0.05, 0.1) is 7.11 Å². The Morgan fingerprint density at radius 3 is 2.69 bits per heavy atom. The van der Waals surface area contributed by atoms with Crippen molar-refractivity contribution in [2.24, 2.45) is 0 Å². The van der Waals surface area contributed by atoms with Gasteiger partial charge in [-0.1, -0.05) is 0 Å². The van der Waals surface area contributed by atoms with Crippen molar-refractivity contribution in [3.05, 3.63) is 23.5 Å². The fourth-order valence-corrected chi connectivity index (χ4v) is 0.842. The van der Waals surface area contributed by atoms with Gasteiger partial charge in [0, 0.05) is 17.8 Å². The van der Waals surface area contributed by atoms with E-state index in [4.69, 9.17) is 9.84 Å². The van der Waals surface area contributed by atoms with Gasteiger partial charge in [0.1, 0.15) is 5.75 Å². The molecule has 0 unspecified atom stereocenters. The molecule has 0 aromatic carbocycles. The van der Waals surface area contributed by atoms with E-state index in [9.17, 15) is 4.79 Å². The molecule has 0 aliphatic rings. The van der Waals surface area contributed by atoms with Crippen molar-refractivity contribution in [2.45, 2.75) is 6.92 Å². The number of carboxylic acid groups (broad SMARTS) is 1. The summed E-state index contributed by atoms with van der Waals surface area (Å²) in [6.45, 7) is 1.80. The Labute approximate surface area is 82.0 Å². The van der Waals surface area contributed by atoms with Crippen LogP contribution in [0.15, 0.2) is 12.3 Å². The predicted molar refractivity (Wildman–Crippen MR) is 49.7 cm³/mol. The number of methoxy groups -OCH3 is 1. The minimum Gasteiger partial charge on any atom is -0.496 e. The van der Waals surface area contributed by atoms with E-state index in [1.807, 2.05) is 0 Å². The molecule has 1 aromatic rings. The highest BCUT2D eigenvalue weighted by Crippen LogP contribution is 2.16. The lowest BCUT2D eigenvalue weighted by Gasteiger charge is -2.03. The first-order valence-electron chi connectivity index (χ1n) is 3.39. The standard InChI is InChI=1S/C8H9NO3.ClH/c1-5-4-9-6(8(10)11)3-7(5)12-2;/h3-4H,1-2H3,(H,10,11);1H. The van der Waals surface area contributed by atoms with Gasteiger partial charge in [-0.15, -0.1) is 12.4 Å². The van der Waals surface area contributed by atoms with E-state index in [-0.39, 0.29) is 18.1 Å². The largest absolute Gasteiger partial charge is 0.496 e. The van der Waals surface area contributed by atoms with Gasteiger partial charge >= 0.3 is 5.97 Å². The summed E-state index contributed by atoms with van der Waals surface area (Å²) < 4.78 is 4.93. The number of hydrogen-bond acceptors (Lipinski definition) is 3. The molecule has 0 aliphatic heterocycles. The summed E-state index contributed by atoms with van der Waals surface area (Å²) in [5.74, 6) is -0.504. The molecular weight excluding hydrogens is 194 g/mol. The highest BCUT2D eigenvalue weighted by molar-refractivity contribution is 5.86. The molecule has 0 atom stereocenters. The fraction of sp³-hybridized carbons (Fsp3) is 0.250. The van der Waals surface area contributed by atoms with Gasteiger partial charge in [-0.3, -0.25) is 0 Å². The zero-order valence-electron chi connectivity index (χ0n) is 7.27. The Morgan fingerprint density at radius 1 is 1.62 bits per heavy atom. The van der Waals surface area contributed by atoms with E-state index >= 15 is 0 Å². The predicted octanol–water partition coefficient (Wildman–Crippen LogP) is 1.52. The van der Waals surface area contributed by atoms with Gasteiger partial charge in [-0.05, 0) is 6.92 Å². The summed E-state index contributed by atoms with van der Waals surface area (Å²) in [5, 5.41) is 8.58. The van der Waals surface area contributed by atoms with E-state index in [1.54, 1.807) is 6.92 Å². The number of nitrogens with zero attached hydrogens (tertiary/aromatic N) is 1. The number of hydrogen-bond donors (Lipinski definition) is 1. The Hall–Kier alpha value is -1.29. The van der Waals surface area contributed by atoms with E-state index in [1.165, 1.54) is 19.4 Å². The third-order valence-electron chi connectivity index (χ3n) is 1.49. The van der Waals surface area contributed by atoms with Crippen LogP contribution in [0.1, 0.15) is 16.1 Å². The van der Waals surface area contributed by atoms with Crippen molar-refractivity contribution in [1.29, 1.82) is 0 Å². The number of carbonyl (C=O) groups is 1. The minimum absolute atomic E-state index is 0. The van der Waals surface area contributed by atoms with Crippen molar-refractivity contribution in [2.75, 3.05) is 7.11 Å². The van der Waals surface area contributed by atoms with Crippen molar-refractivity contribution >= 4 is 18.4 Å². The van der Waals surface area contributed by atoms with E-state index in [2.05, 4.69) is 4.98 Å². The molecule has 0 fully saturated rings.